The van der Waals surface area contributed by atoms with Crippen molar-refractivity contribution >= 4 is 0 Å². The summed E-state index contributed by atoms with van der Waals surface area (Å²) in [6.07, 6.45) is 5.30. The molecule has 1 saturated carbocycles. The maximum atomic E-state index is 13.8. The fourth-order valence-corrected chi connectivity index (χ4v) is 3.27. The van der Waals surface area contributed by atoms with E-state index in [1.165, 1.54) is 31.0 Å². The normalized spacial score (nSPS) is 20.9. The Morgan fingerprint density at radius 3 is 2.50 bits per heavy atom. The van der Waals surface area contributed by atoms with Crippen LogP contribution in [-0.2, 0) is 6.42 Å². The Labute approximate surface area is 120 Å². The van der Waals surface area contributed by atoms with Crippen molar-refractivity contribution in [2.75, 3.05) is 7.05 Å². The SMILES string of the molecule is CNC(Cc1cc(F)ccc1F)C1CCC(C)(C)CC1. The molecule has 112 valence electrons. The molecular weight excluding hydrogens is 256 g/mol. The smallest absolute Gasteiger partial charge is 0.126 e. The zero-order chi connectivity index (χ0) is 14.8. The topological polar surface area (TPSA) is 12.0 Å². The van der Waals surface area contributed by atoms with Crippen molar-refractivity contribution in [3.8, 4) is 0 Å². The van der Waals surface area contributed by atoms with Crippen molar-refractivity contribution in [1.29, 1.82) is 0 Å². The van der Waals surface area contributed by atoms with E-state index in [1.807, 2.05) is 7.05 Å². The van der Waals surface area contributed by atoms with Gasteiger partial charge in [-0.3, -0.25) is 0 Å². The molecule has 0 aliphatic heterocycles. The molecule has 1 aliphatic rings. The molecule has 1 aliphatic carbocycles. The number of benzene rings is 1. The van der Waals surface area contributed by atoms with E-state index in [0.29, 0.717) is 23.3 Å². The van der Waals surface area contributed by atoms with Crippen LogP contribution in [0.4, 0.5) is 8.78 Å². The maximum absolute atomic E-state index is 13.8. The van der Waals surface area contributed by atoms with Crippen LogP contribution in [0.2, 0.25) is 0 Å². The highest BCUT2D eigenvalue weighted by atomic mass is 19.1. The van der Waals surface area contributed by atoms with Crippen LogP contribution in [0.5, 0.6) is 0 Å². The van der Waals surface area contributed by atoms with E-state index < -0.39 is 0 Å². The zero-order valence-corrected chi connectivity index (χ0v) is 12.7. The second kappa shape index (κ2) is 6.21. The van der Waals surface area contributed by atoms with Gasteiger partial charge in [0.2, 0.25) is 0 Å². The van der Waals surface area contributed by atoms with Gasteiger partial charge in [0, 0.05) is 6.04 Å². The molecule has 3 heteroatoms. The Hall–Kier alpha value is -0.960. The summed E-state index contributed by atoms with van der Waals surface area (Å²) in [5.41, 5.74) is 0.910. The third-order valence-electron chi connectivity index (χ3n) is 4.77. The summed E-state index contributed by atoms with van der Waals surface area (Å²) in [5.74, 6) is -0.112. The van der Waals surface area contributed by atoms with Crippen molar-refractivity contribution in [3.63, 3.8) is 0 Å². The predicted molar refractivity (Wildman–Crippen MR) is 78.6 cm³/mol. The van der Waals surface area contributed by atoms with Crippen LogP contribution >= 0.6 is 0 Å². The minimum Gasteiger partial charge on any atom is -0.316 e. The molecule has 0 saturated heterocycles. The van der Waals surface area contributed by atoms with Gasteiger partial charge in [-0.15, -0.1) is 0 Å². The van der Waals surface area contributed by atoms with E-state index in [-0.39, 0.29) is 17.7 Å². The van der Waals surface area contributed by atoms with E-state index in [9.17, 15) is 8.78 Å². The molecule has 1 atom stereocenters. The van der Waals surface area contributed by atoms with Crippen LogP contribution in [-0.4, -0.2) is 13.1 Å². The molecular formula is C17H25F2N. The number of rotatable bonds is 4. The lowest BCUT2D eigenvalue weighted by Crippen LogP contribution is -2.39. The average Bonchev–Trinajstić information content (AvgIpc) is 2.40. The van der Waals surface area contributed by atoms with Crippen LogP contribution in [0, 0.1) is 23.0 Å². The standard InChI is InChI=1S/C17H25F2N/c1-17(2)8-6-12(7-9-17)16(20-3)11-13-10-14(18)4-5-15(13)19/h4-5,10,12,16,20H,6-9,11H2,1-3H3. The Kier molecular flexibility index (Phi) is 4.79. The largest absolute Gasteiger partial charge is 0.316 e. The molecule has 0 bridgehead atoms. The molecule has 1 aromatic rings. The molecule has 20 heavy (non-hydrogen) atoms. The zero-order valence-electron chi connectivity index (χ0n) is 12.7. The lowest BCUT2D eigenvalue weighted by Gasteiger charge is -2.38. The Morgan fingerprint density at radius 1 is 1.25 bits per heavy atom. The second-order valence-electron chi connectivity index (χ2n) is 6.84. The molecule has 2 rings (SSSR count). The van der Waals surface area contributed by atoms with Gasteiger partial charge in [-0.1, -0.05) is 13.8 Å². The Morgan fingerprint density at radius 2 is 1.90 bits per heavy atom. The fourth-order valence-electron chi connectivity index (χ4n) is 3.27. The second-order valence-corrected chi connectivity index (χ2v) is 6.84. The van der Waals surface area contributed by atoms with Gasteiger partial charge < -0.3 is 5.32 Å². The van der Waals surface area contributed by atoms with Gasteiger partial charge in [-0.05, 0) is 74.2 Å². The number of hydrogen-bond acceptors (Lipinski definition) is 1. The van der Waals surface area contributed by atoms with Crippen molar-refractivity contribution in [3.05, 3.63) is 35.4 Å². The highest BCUT2D eigenvalue weighted by molar-refractivity contribution is 5.20. The van der Waals surface area contributed by atoms with E-state index in [2.05, 4.69) is 19.2 Å². The predicted octanol–water partition coefficient (Wildman–Crippen LogP) is 4.31. The van der Waals surface area contributed by atoms with Crippen LogP contribution < -0.4 is 5.32 Å². The molecule has 0 aromatic heterocycles. The first-order chi connectivity index (χ1) is 9.41. The molecule has 1 unspecified atom stereocenters. The molecule has 1 N–H and O–H groups in total. The summed E-state index contributed by atoms with van der Waals surface area (Å²) in [6.45, 7) is 4.62. The Bertz CT molecular complexity index is 446. The average molecular weight is 281 g/mol. The summed E-state index contributed by atoms with van der Waals surface area (Å²) in [4.78, 5) is 0. The summed E-state index contributed by atoms with van der Waals surface area (Å²) in [6, 6.07) is 3.95. The van der Waals surface area contributed by atoms with Crippen LogP contribution in [0.1, 0.15) is 45.1 Å². The van der Waals surface area contributed by atoms with Gasteiger partial charge in [0.25, 0.3) is 0 Å². The molecule has 1 fully saturated rings. The van der Waals surface area contributed by atoms with Crippen molar-refractivity contribution < 1.29 is 8.78 Å². The van der Waals surface area contributed by atoms with Gasteiger partial charge in [-0.2, -0.15) is 0 Å². The van der Waals surface area contributed by atoms with E-state index in [4.69, 9.17) is 0 Å². The quantitative estimate of drug-likeness (QED) is 0.867. The number of halogens is 2. The summed E-state index contributed by atoms with van der Waals surface area (Å²) in [7, 11) is 1.92. The minimum atomic E-state index is -0.360. The molecule has 0 heterocycles. The van der Waals surface area contributed by atoms with E-state index >= 15 is 0 Å². The van der Waals surface area contributed by atoms with Crippen molar-refractivity contribution in [2.24, 2.45) is 11.3 Å². The van der Waals surface area contributed by atoms with Gasteiger partial charge in [0.15, 0.2) is 0 Å². The number of hydrogen-bond donors (Lipinski definition) is 1. The first kappa shape index (κ1) is 15.4. The summed E-state index contributed by atoms with van der Waals surface area (Å²) < 4.78 is 27.0. The van der Waals surface area contributed by atoms with Crippen molar-refractivity contribution in [1.82, 2.24) is 5.32 Å². The highest BCUT2D eigenvalue weighted by Gasteiger charge is 2.31. The highest BCUT2D eigenvalue weighted by Crippen LogP contribution is 2.39. The number of likely N-dealkylation sites (N-methyl/N-ethyl adjacent to an activating group) is 1. The maximum Gasteiger partial charge on any atom is 0.126 e. The van der Waals surface area contributed by atoms with Crippen molar-refractivity contribution in [2.45, 2.75) is 52.0 Å². The third kappa shape index (κ3) is 3.78. The summed E-state index contributed by atoms with van der Waals surface area (Å²) in [5, 5.41) is 3.31. The lowest BCUT2D eigenvalue weighted by atomic mass is 9.70. The fraction of sp³-hybridized carbons (Fsp3) is 0.647. The third-order valence-corrected chi connectivity index (χ3v) is 4.77. The molecule has 0 amide bonds. The molecule has 1 aromatic carbocycles. The van der Waals surface area contributed by atoms with Crippen LogP contribution in [0.15, 0.2) is 18.2 Å². The monoisotopic (exact) mass is 281 g/mol. The first-order valence-corrected chi connectivity index (χ1v) is 7.52. The minimum absolute atomic E-state index is 0.224. The molecule has 0 radical (unpaired) electrons. The van der Waals surface area contributed by atoms with Crippen LogP contribution in [0.25, 0.3) is 0 Å². The van der Waals surface area contributed by atoms with Gasteiger partial charge in [0.1, 0.15) is 11.6 Å². The van der Waals surface area contributed by atoms with Gasteiger partial charge >= 0.3 is 0 Å². The van der Waals surface area contributed by atoms with E-state index in [0.717, 1.165) is 12.8 Å². The lowest BCUT2D eigenvalue weighted by molar-refractivity contribution is 0.163. The first-order valence-electron chi connectivity index (χ1n) is 7.52. The van der Waals surface area contributed by atoms with Crippen LogP contribution in [0.3, 0.4) is 0 Å². The van der Waals surface area contributed by atoms with Gasteiger partial charge in [0.05, 0.1) is 0 Å². The van der Waals surface area contributed by atoms with E-state index in [1.54, 1.807) is 0 Å². The number of nitrogens with one attached hydrogen (secondary N) is 1. The van der Waals surface area contributed by atoms with Gasteiger partial charge in [-0.25, -0.2) is 8.78 Å². The molecule has 1 nitrogen and oxygen atoms in total. The molecule has 0 spiro atoms. The Balaban J connectivity index is 2.04. The summed E-state index contributed by atoms with van der Waals surface area (Å²) >= 11 is 0.